The van der Waals surface area contributed by atoms with Crippen LogP contribution in [0.25, 0.3) is 5.69 Å². The van der Waals surface area contributed by atoms with E-state index in [1.54, 1.807) is 16.7 Å². The molecule has 0 aliphatic carbocycles. The van der Waals surface area contributed by atoms with Crippen LogP contribution in [0.2, 0.25) is 5.02 Å². The molecule has 21 heavy (non-hydrogen) atoms. The summed E-state index contributed by atoms with van der Waals surface area (Å²) in [6.07, 6.45) is 1.54. The monoisotopic (exact) mass is 309 g/mol. The van der Waals surface area contributed by atoms with Crippen molar-refractivity contribution in [1.82, 2.24) is 14.8 Å². The molecule has 0 saturated carbocycles. The Kier molecular flexibility index (Phi) is 4.93. The summed E-state index contributed by atoms with van der Waals surface area (Å²) in [5.41, 5.74) is 0.848. The summed E-state index contributed by atoms with van der Waals surface area (Å²) in [7, 11) is 1.30. The van der Waals surface area contributed by atoms with E-state index >= 15 is 0 Å². The number of aliphatic hydroxyl groups excluding tert-OH is 1. The molecular weight excluding hydrogens is 294 g/mol. The Hall–Kier alpha value is -1.92. The highest BCUT2D eigenvalue weighted by Gasteiger charge is 2.19. The highest BCUT2D eigenvalue weighted by atomic mass is 35.5. The summed E-state index contributed by atoms with van der Waals surface area (Å²) >= 11 is 5.96. The van der Waals surface area contributed by atoms with Gasteiger partial charge < -0.3 is 9.84 Å². The van der Waals surface area contributed by atoms with Crippen LogP contribution in [-0.4, -0.2) is 33.0 Å². The fourth-order valence-electron chi connectivity index (χ4n) is 2.10. The summed E-state index contributed by atoms with van der Waals surface area (Å²) in [5.74, 6) is 0.535. The maximum absolute atomic E-state index is 12.0. The zero-order valence-corrected chi connectivity index (χ0v) is 12.6. The molecule has 0 unspecified atom stereocenters. The number of aryl methyl sites for hydroxylation is 1. The number of rotatable bonds is 5. The molecule has 0 fully saturated rings. The van der Waals surface area contributed by atoms with Crippen molar-refractivity contribution in [2.24, 2.45) is 0 Å². The van der Waals surface area contributed by atoms with E-state index in [1.165, 1.54) is 13.2 Å². The van der Waals surface area contributed by atoms with Crippen LogP contribution in [0.15, 0.2) is 18.2 Å². The molecule has 112 valence electrons. The molecule has 0 saturated heterocycles. The lowest BCUT2D eigenvalue weighted by Gasteiger charge is -2.13. The van der Waals surface area contributed by atoms with Crippen LogP contribution in [0.3, 0.4) is 0 Å². The number of aromatic nitrogens is 3. The fourth-order valence-corrected chi connectivity index (χ4v) is 2.27. The van der Waals surface area contributed by atoms with E-state index in [4.69, 9.17) is 16.3 Å². The molecule has 0 aliphatic rings. The summed E-state index contributed by atoms with van der Waals surface area (Å²) < 4.78 is 6.46. The summed E-state index contributed by atoms with van der Waals surface area (Å²) in [4.78, 5) is 12.0. The Labute approximate surface area is 127 Å². The molecule has 1 heterocycles. The Morgan fingerprint density at radius 3 is 2.71 bits per heavy atom. The Morgan fingerprint density at radius 1 is 1.38 bits per heavy atom. The molecule has 2 rings (SSSR count). The second kappa shape index (κ2) is 6.69. The molecule has 0 atom stereocenters. The molecule has 1 aromatic carbocycles. The molecule has 0 amide bonds. The SMILES string of the molecule is CCCc1nnc(CO)n1-c1ccc(Cl)cc1C(=O)OC. The second-order valence-electron chi connectivity index (χ2n) is 4.43. The van der Waals surface area contributed by atoms with Crippen molar-refractivity contribution in [3.8, 4) is 5.69 Å². The maximum atomic E-state index is 12.0. The van der Waals surface area contributed by atoms with Crippen molar-refractivity contribution in [3.63, 3.8) is 0 Å². The third-order valence-corrected chi connectivity index (χ3v) is 3.25. The summed E-state index contributed by atoms with van der Waals surface area (Å²) in [6.45, 7) is 1.74. The van der Waals surface area contributed by atoms with E-state index in [0.717, 1.165) is 6.42 Å². The summed E-state index contributed by atoms with van der Waals surface area (Å²) in [6, 6.07) is 4.88. The average molecular weight is 310 g/mol. The first kappa shape index (κ1) is 15.5. The molecule has 0 radical (unpaired) electrons. The van der Waals surface area contributed by atoms with Crippen molar-refractivity contribution in [2.75, 3.05) is 7.11 Å². The molecule has 0 bridgehead atoms. The van der Waals surface area contributed by atoms with Gasteiger partial charge in [-0.15, -0.1) is 10.2 Å². The Balaban J connectivity index is 2.66. The standard InChI is InChI=1S/C14H16ClN3O3/c1-3-4-12-16-17-13(8-19)18(12)11-6-5-9(15)7-10(11)14(20)21-2/h5-7,19H,3-4,8H2,1-2H3. The minimum absolute atomic E-state index is 0.278. The minimum atomic E-state index is -0.507. The lowest BCUT2D eigenvalue weighted by molar-refractivity contribution is 0.0600. The third kappa shape index (κ3) is 3.06. The van der Waals surface area contributed by atoms with Gasteiger partial charge in [0.05, 0.1) is 18.4 Å². The van der Waals surface area contributed by atoms with Gasteiger partial charge in [0.25, 0.3) is 0 Å². The maximum Gasteiger partial charge on any atom is 0.340 e. The van der Waals surface area contributed by atoms with Crippen molar-refractivity contribution in [1.29, 1.82) is 0 Å². The van der Waals surface area contributed by atoms with Gasteiger partial charge >= 0.3 is 5.97 Å². The lowest BCUT2D eigenvalue weighted by atomic mass is 10.1. The van der Waals surface area contributed by atoms with Crippen LogP contribution in [0.4, 0.5) is 0 Å². The van der Waals surface area contributed by atoms with Crippen LogP contribution in [0.5, 0.6) is 0 Å². The molecule has 0 spiro atoms. The number of halogens is 1. The van der Waals surface area contributed by atoms with Gasteiger partial charge in [0.1, 0.15) is 12.4 Å². The van der Waals surface area contributed by atoms with Crippen LogP contribution >= 0.6 is 11.6 Å². The first-order valence-corrected chi connectivity index (χ1v) is 6.92. The van der Waals surface area contributed by atoms with Gasteiger partial charge in [-0.05, 0) is 24.6 Å². The van der Waals surface area contributed by atoms with Crippen LogP contribution < -0.4 is 0 Å². The Bertz CT molecular complexity index is 655. The predicted molar refractivity (Wildman–Crippen MR) is 77.6 cm³/mol. The van der Waals surface area contributed by atoms with Crippen LogP contribution in [-0.2, 0) is 17.8 Å². The quantitative estimate of drug-likeness (QED) is 0.856. The minimum Gasteiger partial charge on any atom is -0.465 e. The number of ether oxygens (including phenoxy) is 1. The molecule has 6 nitrogen and oxygen atoms in total. The number of aliphatic hydroxyl groups is 1. The van der Waals surface area contributed by atoms with E-state index in [9.17, 15) is 9.90 Å². The number of hydrogen-bond donors (Lipinski definition) is 1. The summed E-state index contributed by atoms with van der Waals surface area (Å²) in [5, 5.41) is 17.9. The van der Waals surface area contributed by atoms with E-state index < -0.39 is 5.97 Å². The van der Waals surface area contributed by atoms with Gasteiger partial charge in [-0.3, -0.25) is 4.57 Å². The number of methoxy groups -OCH3 is 1. The number of carbonyl (C=O) groups excluding carboxylic acids is 1. The van der Waals surface area contributed by atoms with E-state index in [1.807, 2.05) is 6.92 Å². The fraction of sp³-hybridized carbons (Fsp3) is 0.357. The molecule has 2 aromatic rings. The van der Waals surface area contributed by atoms with Crippen LogP contribution in [0.1, 0.15) is 35.4 Å². The molecule has 1 N–H and O–H groups in total. The van der Waals surface area contributed by atoms with Crippen molar-refractivity contribution in [2.45, 2.75) is 26.4 Å². The van der Waals surface area contributed by atoms with Crippen LogP contribution in [0, 0.1) is 0 Å². The van der Waals surface area contributed by atoms with Crippen molar-refractivity contribution < 1.29 is 14.6 Å². The topological polar surface area (TPSA) is 77.2 Å². The highest BCUT2D eigenvalue weighted by Crippen LogP contribution is 2.23. The zero-order chi connectivity index (χ0) is 15.4. The second-order valence-corrected chi connectivity index (χ2v) is 4.87. The first-order valence-electron chi connectivity index (χ1n) is 6.54. The average Bonchev–Trinajstić information content (AvgIpc) is 2.89. The van der Waals surface area contributed by atoms with Gasteiger partial charge in [0.2, 0.25) is 0 Å². The zero-order valence-electron chi connectivity index (χ0n) is 11.8. The molecule has 7 heteroatoms. The number of carbonyl (C=O) groups is 1. The smallest absolute Gasteiger partial charge is 0.340 e. The number of esters is 1. The Morgan fingerprint density at radius 2 is 2.10 bits per heavy atom. The van der Waals surface area contributed by atoms with Gasteiger partial charge in [-0.1, -0.05) is 18.5 Å². The van der Waals surface area contributed by atoms with Crippen molar-refractivity contribution in [3.05, 3.63) is 40.4 Å². The van der Waals surface area contributed by atoms with E-state index in [-0.39, 0.29) is 6.61 Å². The third-order valence-electron chi connectivity index (χ3n) is 3.02. The largest absolute Gasteiger partial charge is 0.465 e. The number of nitrogens with zero attached hydrogens (tertiary/aromatic N) is 3. The first-order chi connectivity index (χ1) is 10.1. The normalized spacial score (nSPS) is 10.7. The molecular formula is C14H16ClN3O3. The molecule has 0 aliphatic heterocycles. The number of hydrogen-bond acceptors (Lipinski definition) is 5. The number of benzene rings is 1. The van der Waals surface area contributed by atoms with Gasteiger partial charge in [0, 0.05) is 11.4 Å². The lowest BCUT2D eigenvalue weighted by Crippen LogP contribution is -2.12. The highest BCUT2D eigenvalue weighted by molar-refractivity contribution is 6.31. The van der Waals surface area contributed by atoms with Gasteiger partial charge in [0.15, 0.2) is 5.82 Å². The van der Waals surface area contributed by atoms with Gasteiger partial charge in [-0.25, -0.2) is 4.79 Å². The van der Waals surface area contributed by atoms with E-state index in [0.29, 0.717) is 34.3 Å². The molecule has 1 aromatic heterocycles. The van der Waals surface area contributed by atoms with Gasteiger partial charge in [-0.2, -0.15) is 0 Å². The van der Waals surface area contributed by atoms with Crippen molar-refractivity contribution >= 4 is 17.6 Å². The van der Waals surface area contributed by atoms with E-state index in [2.05, 4.69) is 10.2 Å². The predicted octanol–water partition coefficient (Wildman–Crippen LogP) is 2.15.